The van der Waals surface area contributed by atoms with Crippen molar-refractivity contribution in [2.75, 3.05) is 0 Å². The first-order valence-corrected chi connectivity index (χ1v) is 18.5. The number of ketones is 1. The fraction of sp³-hybridized carbons (Fsp3) is 0.0577. The zero-order chi connectivity index (χ0) is 36.4. The number of carbonyl (C=O) groups excluding carboxylic acids is 1. The normalized spacial score (nSPS) is 14.1. The van der Waals surface area contributed by atoms with E-state index in [0.717, 1.165) is 66.8 Å². The van der Waals surface area contributed by atoms with E-state index in [9.17, 15) is 5.11 Å². The number of carbonyl (C=O) groups is 1. The van der Waals surface area contributed by atoms with Crippen LogP contribution < -0.4 is 0 Å². The second-order valence-corrected chi connectivity index (χ2v) is 14.4. The second kappa shape index (κ2) is 12.1. The average molecular weight is 693 g/mol. The van der Waals surface area contributed by atoms with Crippen molar-refractivity contribution in [2.24, 2.45) is 0 Å². The zero-order valence-corrected chi connectivity index (χ0v) is 29.8. The molecule has 2 heteroatoms. The predicted octanol–water partition coefficient (Wildman–Crippen LogP) is 11.7. The molecule has 54 heavy (non-hydrogen) atoms. The molecule has 1 N–H and O–H groups in total. The largest absolute Gasteiger partial charge is 0.507 e. The summed E-state index contributed by atoms with van der Waals surface area (Å²) in [4.78, 5) is 15.2. The lowest BCUT2D eigenvalue weighted by atomic mass is 9.66. The number of hydrogen-bond acceptors (Lipinski definition) is 2. The number of phenolic OH excluding ortho intramolecular Hbond substituents is 1. The van der Waals surface area contributed by atoms with Crippen LogP contribution in [0.3, 0.4) is 0 Å². The van der Waals surface area contributed by atoms with Crippen LogP contribution in [-0.4, -0.2) is 10.9 Å². The molecule has 0 heterocycles. The number of phenols is 1. The molecule has 2 aliphatic carbocycles. The molecule has 0 atom stereocenters. The quantitative estimate of drug-likeness (QED) is 0.176. The van der Waals surface area contributed by atoms with Crippen LogP contribution in [0.4, 0.5) is 0 Å². The minimum absolute atomic E-state index is 0.0157. The lowest BCUT2D eigenvalue weighted by Crippen LogP contribution is -2.30. The van der Waals surface area contributed by atoms with Crippen LogP contribution in [0.15, 0.2) is 194 Å². The van der Waals surface area contributed by atoms with Crippen molar-refractivity contribution >= 4 is 5.78 Å². The van der Waals surface area contributed by atoms with Crippen LogP contribution in [0.25, 0.3) is 22.3 Å². The lowest BCUT2D eigenvalue weighted by Gasteiger charge is -2.35. The molecule has 0 saturated heterocycles. The monoisotopic (exact) mass is 692 g/mol. The molecule has 0 radical (unpaired) electrons. The van der Waals surface area contributed by atoms with Gasteiger partial charge in [0.25, 0.3) is 0 Å². The van der Waals surface area contributed by atoms with Crippen LogP contribution in [-0.2, 0) is 10.8 Å². The number of rotatable bonds is 6. The van der Waals surface area contributed by atoms with Crippen molar-refractivity contribution in [3.8, 4) is 28.0 Å². The van der Waals surface area contributed by atoms with Gasteiger partial charge in [-0.25, -0.2) is 0 Å². The summed E-state index contributed by atoms with van der Waals surface area (Å²) in [7, 11) is 0. The Labute approximate surface area is 315 Å². The Morgan fingerprint density at radius 2 is 0.741 bits per heavy atom. The maximum atomic E-state index is 15.2. The van der Waals surface area contributed by atoms with Gasteiger partial charge in [-0.15, -0.1) is 0 Å². The van der Waals surface area contributed by atoms with E-state index in [0.29, 0.717) is 11.1 Å². The molecular weight excluding hydrogens is 657 g/mol. The van der Waals surface area contributed by atoms with Gasteiger partial charge in [0.1, 0.15) is 5.75 Å². The summed E-state index contributed by atoms with van der Waals surface area (Å²) in [6.07, 6.45) is 0. The SMILES string of the molecule is Cc1c(C(=O)c2ccc3c(c2O)C(c2ccccc2)(c2ccccc2)c2ccccc2-3)ccc2c1C(c1ccccc1)(c1ccccc1)c1ccccc1-2. The van der Waals surface area contributed by atoms with Crippen LogP contribution in [0.1, 0.15) is 66.0 Å². The van der Waals surface area contributed by atoms with E-state index in [1.54, 1.807) is 0 Å². The standard InChI is InChI=1S/C52H36O2/c1-34-39(30-31-42-40-26-14-16-28-45(40)51(47(34)42,35-18-6-2-7-19-35)36-20-8-3-9-21-36)49(53)44-33-32-43-41-27-15-17-29-46(41)52(48(43)50(44)54,37-22-10-4-11-23-37)38-24-12-5-13-25-38/h2-33,54H,1H3. The van der Waals surface area contributed by atoms with Crippen LogP contribution in [0.5, 0.6) is 5.75 Å². The highest BCUT2D eigenvalue weighted by Crippen LogP contribution is 2.60. The van der Waals surface area contributed by atoms with Gasteiger partial charge in [0.2, 0.25) is 0 Å². The first-order valence-electron chi connectivity index (χ1n) is 18.5. The van der Waals surface area contributed by atoms with Gasteiger partial charge < -0.3 is 5.11 Å². The highest BCUT2D eigenvalue weighted by atomic mass is 16.3. The minimum atomic E-state index is -0.834. The minimum Gasteiger partial charge on any atom is -0.507 e. The van der Waals surface area contributed by atoms with Gasteiger partial charge in [0.05, 0.1) is 16.4 Å². The summed E-state index contributed by atoms with van der Waals surface area (Å²) in [5.74, 6) is -0.186. The highest BCUT2D eigenvalue weighted by molar-refractivity contribution is 6.13. The molecule has 8 aromatic carbocycles. The second-order valence-electron chi connectivity index (χ2n) is 14.4. The fourth-order valence-electron chi connectivity index (χ4n) is 9.83. The zero-order valence-electron chi connectivity index (χ0n) is 29.8. The number of hydrogen-bond donors (Lipinski definition) is 1. The topological polar surface area (TPSA) is 37.3 Å². The van der Waals surface area contributed by atoms with Gasteiger partial charge in [-0.1, -0.05) is 188 Å². The molecule has 2 aliphatic rings. The molecule has 0 bridgehead atoms. The van der Waals surface area contributed by atoms with Crippen molar-refractivity contribution in [3.05, 3.63) is 255 Å². The number of aromatic hydroxyl groups is 1. The third-order valence-electron chi connectivity index (χ3n) is 12.0. The molecule has 10 rings (SSSR count). The Kier molecular flexibility index (Phi) is 7.18. The average Bonchev–Trinajstić information content (AvgIpc) is 3.72. The molecule has 0 fully saturated rings. The van der Waals surface area contributed by atoms with Gasteiger partial charge in [-0.3, -0.25) is 4.79 Å². The number of fused-ring (bicyclic) bond motifs is 6. The van der Waals surface area contributed by atoms with Crippen LogP contribution >= 0.6 is 0 Å². The van der Waals surface area contributed by atoms with E-state index < -0.39 is 10.8 Å². The highest BCUT2D eigenvalue weighted by Gasteiger charge is 2.50. The molecule has 256 valence electrons. The molecule has 0 amide bonds. The first kappa shape index (κ1) is 31.9. The third-order valence-corrected chi connectivity index (χ3v) is 12.0. The van der Waals surface area contributed by atoms with Crippen molar-refractivity contribution in [1.29, 1.82) is 0 Å². The summed E-state index contributed by atoms with van der Waals surface area (Å²) in [5.41, 5.74) is 13.0. The summed E-state index contributed by atoms with van der Waals surface area (Å²) in [5, 5.41) is 12.7. The summed E-state index contributed by atoms with van der Waals surface area (Å²) in [6, 6.07) is 66.9. The van der Waals surface area contributed by atoms with E-state index in [1.165, 1.54) is 5.56 Å². The first-order chi connectivity index (χ1) is 26.6. The van der Waals surface area contributed by atoms with E-state index >= 15 is 4.79 Å². The van der Waals surface area contributed by atoms with Crippen molar-refractivity contribution in [3.63, 3.8) is 0 Å². The summed E-state index contributed by atoms with van der Waals surface area (Å²) in [6.45, 7) is 2.08. The van der Waals surface area contributed by atoms with E-state index in [2.05, 4.69) is 140 Å². The number of benzene rings is 8. The fourth-order valence-corrected chi connectivity index (χ4v) is 9.83. The Morgan fingerprint density at radius 1 is 0.389 bits per heavy atom. The molecule has 0 saturated carbocycles. The van der Waals surface area contributed by atoms with Gasteiger partial charge in [0.15, 0.2) is 5.78 Å². The molecule has 8 aromatic rings. The van der Waals surface area contributed by atoms with E-state index in [1.807, 2.05) is 60.7 Å². The smallest absolute Gasteiger partial charge is 0.197 e. The van der Waals surface area contributed by atoms with Gasteiger partial charge in [-0.05, 0) is 79.8 Å². The summed E-state index contributed by atoms with van der Waals surface area (Å²) >= 11 is 0. The molecule has 2 nitrogen and oxygen atoms in total. The predicted molar refractivity (Wildman–Crippen MR) is 217 cm³/mol. The Hall–Kier alpha value is -6.77. The third kappa shape index (κ3) is 4.20. The van der Waals surface area contributed by atoms with Crippen LogP contribution in [0, 0.1) is 6.92 Å². The molecule has 0 unspecified atom stereocenters. The Balaban J connectivity index is 1.23. The maximum Gasteiger partial charge on any atom is 0.197 e. The van der Waals surface area contributed by atoms with Crippen molar-refractivity contribution < 1.29 is 9.90 Å². The molecule has 0 aliphatic heterocycles. The van der Waals surface area contributed by atoms with Gasteiger partial charge in [0, 0.05) is 11.1 Å². The van der Waals surface area contributed by atoms with E-state index in [4.69, 9.17) is 0 Å². The Morgan fingerprint density at radius 3 is 1.19 bits per heavy atom. The maximum absolute atomic E-state index is 15.2. The summed E-state index contributed by atoms with van der Waals surface area (Å²) < 4.78 is 0. The molecule has 0 aromatic heterocycles. The molecular formula is C52H36O2. The van der Waals surface area contributed by atoms with Crippen molar-refractivity contribution in [2.45, 2.75) is 17.8 Å². The Bertz CT molecular complexity index is 2460. The van der Waals surface area contributed by atoms with E-state index in [-0.39, 0.29) is 11.5 Å². The van der Waals surface area contributed by atoms with Crippen molar-refractivity contribution in [1.82, 2.24) is 0 Å². The van der Waals surface area contributed by atoms with Gasteiger partial charge in [-0.2, -0.15) is 0 Å². The van der Waals surface area contributed by atoms with Crippen LogP contribution in [0.2, 0.25) is 0 Å². The van der Waals surface area contributed by atoms with Gasteiger partial charge >= 0.3 is 0 Å². The lowest BCUT2D eigenvalue weighted by molar-refractivity contribution is 0.103. The molecule has 0 spiro atoms.